The van der Waals surface area contributed by atoms with Crippen molar-refractivity contribution < 1.29 is 32.2 Å². The molecule has 3 rings (SSSR count). The van der Waals surface area contributed by atoms with E-state index in [4.69, 9.17) is 19.5 Å². The van der Waals surface area contributed by atoms with E-state index in [1.165, 1.54) is 6.42 Å². The topological polar surface area (TPSA) is 68.6 Å². The summed E-state index contributed by atoms with van der Waals surface area (Å²) in [5, 5.41) is 8.74. The van der Waals surface area contributed by atoms with Crippen LogP contribution in [0.25, 0.3) is 0 Å². The average molecular weight is 476 g/mol. The molecule has 2 aromatic rings. The minimum atomic E-state index is -1.32. The van der Waals surface area contributed by atoms with Gasteiger partial charge in [-0.25, -0.2) is 18.0 Å². The van der Waals surface area contributed by atoms with Crippen LogP contribution < -0.4 is 9.47 Å². The zero-order chi connectivity index (χ0) is 24.5. The summed E-state index contributed by atoms with van der Waals surface area (Å²) in [7, 11) is 0. The molecule has 34 heavy (non-hydrogen) atoms. The van der Waals surface area contributed by atoms with Gasteiger partial charge in [0.1, 0.15) is 40.6 Å². The second-order valence-electron chi connectivity index (χ2n) is 8.44. The predicted molar refractivity (Wildman–Crippen MR) is 119 cm³/mol. The van der Waals surface area contributed by atoms with Gasteiger partial charge in [-0.1, -0.05) is 19.8 Å². The third-order valence-electron chi connectivity index (χ3n) is 5.87. The second-order valence-corrected chi connectivity index (χ2v) is 8.44. The van der Waals surface area contributed by atoms with E-state index in [1.54, 1.807) is 6.07 Å². The van der Waals surface area contributed by atoms with Crippen molar-refractivity contribution in [3.05, 3.63) is 58.9 Å². The summed E-state index contributed by atoms with van der Waals surface area (Å²) in [5.41, 5.74) is -1.15. The fourth-order valence-corrected chi connectivity index (χ4v) is 3.92. The van der Waals surface area contributed by atoms with Crippen LogP contribution in [0.4, 0.5) is 13.2 Å². The first-order chi connectivity index (χ1) is 16.4. The molecule has 0 spiro atoms. The highest BCUT2D eigenvalue weighted by molar-refractivity contribution is 5.91. The summed E-state index contributed by atoms with van der Waals surface area (Å²) >= 11 is 0. The Balaban J connectivity index is 1.52. The lowest BCUT2D eigenvalue weighted by Gasteiger charge is -2.28. The van der Waals surface area contributed by atoms with Gasteiger partial charge < -0.3 is 14.2 Å². The van der Waals surface area contributed by atoms with Crippen molar-refractivity contribution in [1.29, 1.82) is 5.26 Å². The molecule has 182 valence electrons. The van der Waals surface area contributed by atoms with Gasteiger partial charge in [-0.05, 0) is 50.2 Å². The van der Waals surface area contributed by atoms with Crippen LogP contribution in [0.3, 0.4) is 0 Å². The summed E-state index contributed by atoms with van der Waals surface area (Å²) in [4.78, 5) is 12.2. The predicted octanol–water partition coefficient (Wildman–Crippen LogP) is 6.34. The van der Waals surface area contributed by atoms with E-state index >= 15 is 0 Å². The van der Waals surface area contributed by atoms with Crippen LogP contribution in [0.5, 0.6) is 11.5 Å². The van der Waals surface area contributed by atoms with Crippen LogP contribution in [-0.4, -0.2) is 25.3 Å². The number of ether oxygens (including phenoxy) is 3. The van der Waals surface area contributed by atoms with Crippen LogP contribution in [0.1, 0.15) is 67.8 Å². The molecule has 0 bridgehead atoms. The SMILES string of the molecule is CCCCCO[C@H]1CC[C@H](COc2cc(F)c(C(=O)Oc3ccc(C#N)c(F)c3)c(F)c2)CC1. The smallest absolute Gasteiger partial charge is 0.349 e. The number of hydrogen-bond donors (Lipinski definition) is 0. The van der Waals surface area contributed by atoms with Crippen LogP contribution in [0.2, 0.25) is 0 Å². The number of carbonyl (C=O) groups is 1. The monoisotopic (exact) mass is 475 g/mol. The molecular weight excluding hydrogens is 447 g/mol. The summed E-state index contributed by atoms with van der Waals surface area (Å²) in [5.74, 6) is -4.54. The Labute approximate surface area is 197 Å². The number of hydrogen-bond acceptors (Lipinski definition) is 5. The van der Waals surface area contributed by atoms with Crippen molar-refractivity contribution in [2.24, 2.45) is 5.92 Å². The summed E-state index contributed by atoms with van der Waals surface area (Å²) in [6.07, 6.45) is 7.36. The first-order valence-electron chi connectivity index (χ1n) is 11.6. The Morgan fingerprint density at radius 1 is 1.00 bits per heavy atom. The van der Waals surface area contributed by atoms with E-state index in [1.807, 2.05) is 0 Å². The lowest BCUT2D eigenvalue weighted by Crippen LogP contribution is -2.25. The van der Waals surface area contributed by atoms with Crippen LogP contribution in [0, 0.1) is 34.7 Å². The maximum atomic E-state index is 14.5. The highest BCUT2D eigenvalue weighted by Gasteiger charge is 2.24. The lowest BCUT2D eigenvalue weighted by molar-refractivity contribution is 0.0112. The average Bonchev–Trinajstić information content (AvgIpc) is 2.81. The number of unbranched alkanes of at least 4 members (excludes halogenated alkanes) is 2. The standard InChI is InChI=1S/C26H28F3NO4/c1-2-3-4-11-32-19-8-5-17(6-9-19)16-33-21-13-23(28)25(24(29)14-21)26(31)34-20-10-7-18(15-30)22(27)12-20/h7,10,12-14,17,19H,2-6,8-9,11,16H2,1H3/t17-,19-. The normalized spacial score (nSPS) is 17.7. The fourth-order valence-electron chi connectivity index (χ4n) is 3.92. The van der Waals surface area contributed by atoms with Gasteiger partial charge in [0.25, 0.3) is 0 Å². The Kier molecular flexibility index (Phi) is 9.34. The highest BCUT2D eigenvalue weighted by atomic mass is 19.1. The zero-order valence-electron chi connectivity index (χ0n) is 19.1. The first-order valence-corrected chi connectivity index (χ1v) is 11.6. The van der Waals surface area contributed by atoms with Gasteiger partial charge in [0, 0.05) is 24.8 Å². The van der Waals surface area contributed by atoms with Crippen LogP contribution in [0.15, 0.2) is 30.3 Å². The molecule has 0 N–H and O–H groups in total. The molecule has 0 heterocycles. The van der Waals surface area contributed by atoms with Crippen LogP contribution >= 0.6 is 0 Å². The van der Waals surface area contributed by atoms with Crippen molar-refractivity contribution in [3.63, 3.8) is 0 Å². The number of nitriles is 1. The largest absolute Gasteiger partial charge is 0.493 e. The quantitative estimate of drug-likeness (QED) is 0.228. The van der Waals surface area contributed by atoms with Crippen molar-refractivity contribution in [2.45, 2.75) is 58.0 Å². The molecule has 0 radical (unpaired) electrons. The van der Waals surface area contributed by atoms with Gasteiger partial charge in [0.2, 0.25) is 0 Å². The number of halogens is 3. The van der Waals surface area contributed by atoms with Gasteiger partial charge in [-0.2, -0.15) is 5.26 Å². The number of carbonyl (C=O) groups excluding carboxylic acids is 1. The second kappa shape index (κ2) is 12.4. The van der Waals surface area contributed by atoms with Crippen molar-refractivity contribution in [3.8, 4) is 17.6 Å². The molecular formula is C26H28F3NO4. The molecule has 0 atom stereocenters. The molecule has 5 nitrogen and oxygen atoms in total. The molecule has 1 saturated carbocycles. The Hall–Kier alpha value is -3.05. The summed E-state index contributed by atoms with van der Waals surface area (Å²) < 4.78 is 59.0. The summed E-state index contributed by atoms with van der Waals surface area (Å²) in [6.45, 7) is 3.25. The van der Waals surface area contributed by atoms with Gasteiger partial charge in [0.15, 0.2) is 0 Å². The van der Waals surface area contributed by atoms with Gasteiger partial charge >= 0.3 is 5.97 Å². The number of nitrogens with zero attached hydrogens (tertiary/aromatic N) is 1. The van der Waals surface area contributed by atoms with Gasteiger partial charge in [-0.3, -0.25) is 0 Å². The van der Waals surface area contributed by atoms with Crippen molar-refractivity contribution in [2.75, 3.05) is 13.2 Å². The minimum Gasteiger partial charge on any atom is -0.493 e. The minimum absolute atomic E-state index is 0.0195. The van der Waals surface area contributed by atoms with E-state index in [2.05, 4.69) is 6.92 Å². The Morgan fingerprint density at radius 2 is 1.68 bits per heavy atom. The first kappa shape index (κ1) is 25.6. The molecule has 8 heteroatoms. The Bertz CT molecular complexity index is 1010. The van der Waals surface area contributed by atoms with Gasteiger partial charge in [-0.15, -0.1) is 0 Å². The third-order valence-corrected chi connectivity index (χ3v) is 5.87. The molecule has 0 amide bonds. The Morgan fingerprint density at radius 3 is 2.29 bits per heavy atom. The van der Waals surface area contributed by atoms with Crippen molar-refractivity contribution in [1.82, 2.24) is 0 Å². The lowest BCUT2D eigenvalue weighted by atomic mass is 9.88. The van der Waals surface area contributed by atoms with Crippen molar-refractivity contribution >= 4 is 5.97 Å². The summed E-state index contributed by atoms with van der Waals surface area (Å²) in [6, 6.07) is 6.56. The third kappa shape index (κ3) is 6.97. The maximum absolute atomic E-state index is 14.5. The molecule has 1 aliphatic rings. The molecule has 0 unspecified atom stereocenters. The van der Waals surface area contributed by atoms with Gasteiger partial charge in [0.05, 0.1) is 18.3 Å². The van der Waals surface area contributed by atoms with E-state index in [9.17, 15) is 18.0 Å². The number of esters is 1. The van der Waals surface area contributed by atoms with E-state index in [-0.39, 0.29) is 29.1 Å². The zero-order valence-corrected chi connectivity index (χ0v) is 19.1. The maximum Gasteiger partial charge on any atom is 0.349 e. The van der Waals surface area contributed by atoms with E-state index < -0.39 is 29.0 Å². The molecule has 1 fully saturated rings. The van der Waals surface area contributed by atoms with Crippen LogP contribution in [-0.2, 0) is 4.74 Å². The number of benzene rings is 2. The molecule has 0 saturated heterocycles. The molecule has 0 aromatic heterocycles. The number of rotatable bonds is 10. The molecule has 0 aliphatic heterocycles. The van der Waals surface area contributed by atoms with E-state index in [0.29, 0.717) is 6.61 Å². The van der Waals surface area contributed by atoms with E-state index in [0.717, 1.165) is 75.5 Å². The molecule has 1 aliphatic carbocycles. The fraction of sp³-hybridized carbons (Fsp3) is 0.462. The highest BCUT2D eigenvalue weighted by Crippen LogP contribution is 2.29. The molecule has 2 aromatic carbocycles.